The first-order chi connectivity index (χ1) is 6.70. The van der Waals surface area contributed by atoms with Gasteiger partial charge in [0.25, 0.3) is 0 Å². The van der Waals surface area contributed by atoms with Gasteiger partial charge in [0.1, 0.15) is 10.8 Å². The molecule has 1 N–H and O–H groups in total. The largest absolute Gasteiger partial charge is 0.343 e. The third kappa shape index (κ3) is 1.51. The van der Waals surface area contributed by atoms with Crippen LogP contribution in [0.15, 0.2) is 23.0 Å². The maximum Gasteiger partial charge on any atom is 0.191 e. The second-order valence-corrected chi connectivity index (χ2v) is 3.43. The van der Waals surface area contributed by atoms with Gasteiger partial charge >= 0.3 is 0 Å². The van der Waals surface area contributed by atoms with Crippen LogP contribution in [0.4, 0.5) is 0 Å². The summed E-state index contributed by atoms with van der Waals surface area (Å²) in [5.41, 5.74) is 1.42. The fourth-order valence-corrected chi connectivity index (χ4v) is 1.49. The third-order valence-corrected chi connectivity index (χ3v) is 2.30. The van der Waals surface area contributed by atoms with E-state index in [2.05, 4.69) is 9.97 Å². The molecule has 0 radical (unpaired) electrons. The Labute approximate surface area is 85.7 Å². The molecule has 0 bridgehead atoms. The lowest BCUT2D eigenvalue weighted by atomic mass is 10.2. The Balaban J connectivity index is 2.84. The van der Waals surface area contributed by atoms with E-state index in [9.17, 15) is 4.79 Å². The van der Waals surface area contributed by atoms with Crippen molar-refractivity contribution >= 4 is 22.6 Å². The molecule has 0 aromatic carbocycles. The van der Waals surface area contributed by atoms with Crippen LogP contribution < -0.4 is 5.43 Å². The van der Waals surface area contributed by atoms with Gasteiger partial charge in [-0.25, -0.2) is 4.98 Å². The summed E-state index contributed by atoms with van der Waals surface area (Å²) in [6.07, 6.45) is 0.777. The predicted octanol–water partition coefficient (Wildman–Crippen LogP) is 2.14. The highest BCUT2D eigenvalue weighted by atomic mass is 35.5. The second-order valence-electron chi connectivity index (χ2n) is 3.04. The highest BCUT2D eigenvalue weighted by Crippen LogP contribution is 2.10. The fourth-order valence-electron chi connectivity index (χ4n) is 1.34. The number of pyridine rings is 2. The topological polar surface area (TPSA) is 45.8 Å². The van der Waals surface area contributed by atoms with Crippen LogP contribution in [0.2, 0.25) is 5.15 Å². The quantitative estimate of drug-likeness (QED) is 0.730. The Morgan fingerprint density at radius 2 is 2.29 bits per heavy atom. The molecule has 72 valence electrons. The molecular weight excluding hydrogens is 200 g/mol. The smallest absolute Gasteiger partial charge is 0.191 e. The molecule has 4 heteroatoms. The molecule has 14 heavy (non-hydrogen) atoms. The van der Waals surface area contributed by atoms with Crippen LogP contribution in [0.5, 0.6) is 0 Å². The van der Waals surface area contributed by atoms with Crippen LogP contribution in [0.1, 0.15) is 12.6 Å². The van der Waals surface area contributed by atoms with Crippen LogP contribution in [0.25, 0.3) is 11.0 Å². The maximum absolute atomic E-state index is 11.6. The SMILES string of the molecule is CCc1cc(=O)c2ccc(Cl)nc2[nH]1. The van der Waals surface area contributed by atoms with Gasteiger partial charge in [0.2, 0.25) is 0 Å². The molecule has 0 spiro atoms. The van der Waals surface area contributed by atoms with E-state index in [1.165, 1.54) is 0 Å². The summed E-state index contributed by atoms with van der Waals surface area (Å²) >= 11 is 5.73. The van der Waals surface area contributed by atoms with Crippen molar-refractivity contribution in [3.63, 3.8) is 0 Å². The number of nitrogens with zero attached hydrogens (tertiary/aromatic N) is 1. The maximum atomic E-state index is 11.6. The monoisotopic (exact) mass is 208 g/mol. The summed E-state index contributed by atoms with van der Waals surface area (Å²) < 4.78 is 0. The normalized spacial score (nSPS) is 10.7. The highest BCUT2D eigenvalue weighted by molar-refractivity contribution is 6.29. The molecule has 0 amide bonds. The molecule has 0 unspecified atom stereocenters. The van der Waals surface area contributed by atoms with E-state index in [0.29, 0.717) is 16.2 Å². The number of hydrogen-bond acceptors (Lipinski definition) is 2. The first kappa shape index (κ1) is 9.21. The Hall–Kier alpha value is -1.35. The molecule has 3 nitrogen and oxygen atoms in total. The van der Waals surface area contributed by atoms with Crippen molar-refractivity contribution in [1.29, 1.82) is 0 Å². The molecule has 0 aliphatic heterocycles. The van der Waals surface area contributed by atoms with E-state index in [0.717, 1.165) is 12.1 Å². The summed E-state index contributed by atoms with van der Waals surface area (Å²) in [5.74, 6) is 0. The zero-order chi connectivity index (χ0) is 10.1. The zero-order valence-electron chi connectivity index (χ0n) is 7.67. The lowest BCUT2D eigenvalue weighted by Gasteiger charge is -2.00. The Kier molecular flexibility index (Phi) is 2.25. The van der Waals surface area contributed by atoms with Crippen molar-refractivity contribution in [2.75, 3.05) is 0 Å². The van der Waals surface area contributed by atoms with Crippen molar-refractivity contribution in [3.05, 3.63) is 39.3 Å². The number of aromatic nitrogens is 2. The van der Waals surface area contributed by atoms with Gasteiger partial charge in [0.15, 0.2) is 5.43 Å². The van der Waals surface area contributed by atoms with E-state index >= 15 is 0 Å². The van der Waals surface area contributed by atoms with Gasteiger partial charge in [-0.2, -0.15) is 0 Å². The van der Waals surface area contributed by atoms with Gasteiger partial charge in [-0.3, -0.25) is 4.79 Å². The molecule has 0 saturated carbocycles. The van der Waals surface area contributed by atoms with Gasteiger partial charge in [-0.15, -0.1) is 0 Å². The zero-order valence-corrected chi connectivity index (χ0v) is 8.43. The Morgan fingerprint density at radius 1 is 1.50 bits per heavy atom. The summed E-state index contributed by atoms with van der Waals surface area (Å²) in [4.78, 5) is 18.7. The van der Waals surface area contributed by atoms with Gasteiger partial charge in [-0.1, -0.05) is 18.5 Å². The number of nitrogens with one attached hydrogen (secondary N) is 1. The summed E-state index contributed by atoms with van der Waals surface area (Å²) in [6.45, 7) is 1.97. The minimum Gasteiger partial charge on any atom is -0.343 e. The Bertz CT molecular complexity index is 533. The van der Waals surface area contributed by atoms with E-state index < -0.39 is 0 Å². The third-order valence-electron chi connectivity index (χ3n) is 2.09. The van der Waals surface area contributed by atoms with E-state index in [1.807, 2.05) is 6.92 Å². The molecule has 0 aliphatic rings. The number of H-pyrrole nitrogens is 1. The number of hydrogen-bond donors (Lipinski definition) is 1. The van der Waals surface area contributed by atoms with Crippen molar-refractivity contribution in [2.24, 2.45) is 0 Å². The van der Waals surface area contributed by atoms with E-state index in [-0.39, 0.29) is 5.43 Å². The van der Waals surface area contributed by atoms with Crippen LogP contribution >= 0.6 is 11.6 Å². The number of aromatic amines is 1. The Morgan fingerprint density at radius 3 is 3.00 bits per heavy atom. The standard InChI is InChI=1S/C10H9ClN2O/c1-2-6-5-8(14)7-3-4-9(11)13-10(7)12-6/h3-5H,2H2,1H3,(H,12,13,14). The van der Waals surface area contributed by atoms with Crippen LogP contribution in [-0.2, 0) is 6.42 Å². The highest BCUT2D eigenvalue weighted by Gasteiger charge is 2.02. The van der Waals surface area contributed by atoms with Crippen LogP contribution in [-0.4, -0.2) is 9.97 Å². The van der Waals surface area contributed by atoms with Crippen LogP contribution in [0.3, 0.4) is 0 Å². The molecule has 0 aliphatic carbocycles. The first-order valence-electron chi connectivity index (χ1n) is 4.39. The van der Waals surface area contributed by atoms with Gasteiger partial charge in [-0.05, 0) is 18.6 Å². The molecule has 0 atom stereocenters. The molecule has 0 saturated heterocycles. The minimum absolute atomic E-state index is 0.0141. The lowest BCUT2D eigenvalue weighted by Crippen LogP contribution is -2.05. The van der Waals surface area contributed by atoms with Gasteiger partial charge in [0.05, 0.1) is 5.39 Å². The summed E-state index contributed by atoms with van der Waals surface area (Å²) in [6, 6.07) is 4.89. The fraction of sp³-hybridized carbons (Fsp3) is 0.200. The molecule has 2 aromatic heterocycles. The van der Waals surface area contributed by atoms with Gasteiger partial charge < -0.3 is 4.98 Å². The average Bonchev–Trinajstić information content (AvgIpc) is 2.16. The van der Waals surface area contributed by atoms with Crippen molar-refractivity contribution < 1.29 is 0 Å². The van der Waals surface area contributed by atoms with Crippen LogP contribution in [0, 0.1) is 0 Å². The number of aryl methyl sites for hydroxylation is 1. The number of halogens is 1. The lowest BCUT2D eigenvalue weighted by molar-refractivity contribution is 1.04. The van der Waals surface area contributed by atoms with Crippen molar-refractivity contribution in [2.45, 2.75) is 13.3 Å². The van der Waals surface area contributed by atoms with Crippen molar-refractivity contribution in [3.8, 4) is 0 Å². The molecular formula is C10H9ClN2O. The summed E-state index contributed by atoms with van der Waals surface area (Å²) in [5, 5.41) is 0.966. The number of fused-ring (bicyclic) bond motifs is 1. The van der Waals surface area contributed by atoms with Crippen molar-refractivity contribution in [1.82, 2.24) is 9.97 Å². The van der Waals surface area contributed by atoms with Gasteiger partial charge in [0, 0.05) is 11.8 Å². The molecule has 2 rings (SSSR count). The average molecular weight is 209 g/mol. The summed E-state index contributed by atoms with van der Waals surface area (Å²) in [7, 11) is 0. The predicted molar refractivity (Wildman–Crippen MR) is 56.8 cm³/mol. The number of rotatable bonds is 1. The minimum atomic E-state index is -0.0141. The van der Waals surface area contributed by atoms with E-state index in [4.69, 9.17) is 11.6 Å². The van der Waals surface area contributed by atoms with E-state index in [1.54, 1.807) is 18.2 Å². The first-order valence-corrected chi connectivity index (χ1v) is 4.77. The molecule has 0 fully saturated rings. The second kappa shape index (κ2) is 3.42. The molecule has 2 aromatic rings. The molecule has 2 heterocycles.